The Morgan fingerprint density at radius 3 is 2.52 bits per heavy atom. The number of amides is 1. The summed E-state index contributed by atoms with van der Waals surface area (Å²) in [5.41, 5.74) is 3.51. The van der Waals surface area contributed by atoms with Gasteiger partial charge >= 0.3 is 0 Å². The maximum absolute atomic E-state index is 12.5. The Morgan fingerprint density at radius 1 is 1.14 bits per heavy atom. The van der Waals surface area contributed by atoms with Gasteiger partial charge in [0, 0.05) is 30.7 Å². The number of carbonyl (C=O) groups excluding carboxylic acids is 1. The molecule has 1 amide bonds. The van der Waals surface area contributed by atoms with Gasteiger partial charge in [0.15, 0.2) is 0 Å². The van der Waals surface area contributed by atoms with Crippen LogP contribution < -0.4 is 20.3 Å². The van der Waals surface area contributed by atoms with Crippen LogP contribution in [-0.2, 0) is 4.79 Å². The highest BCUT2D eigenvalue weighted by atomic mass is 16.5. The molecule has 150 valence electrons. The summed E-state index contributed by atoms with van der Waals surface area (Å²) in [6.45, 7) is 4.10. The van der Waals surface area contributed by atoms with Gasteiger partial charge in [0.05, 0.1) is 12.8 Å². The molecule has 0 atom stereocenters. The number of benzene rings is 2. The van der Waals surface area contributed by atoms with Crippen molar-refractivity contribution in [3.05, 3.63) is 59.8 Å². The fourth-order valence-electron chi connectivity index (χ4n) is 3.33. The number of hydrogen-bond donors (Lipinski definition) is 2. The summed E-state index contributed by atoms with van der Waals surface area (Å²) in [5.74, 6) is 0.0522. The van der Waals surface area contributed by atoms with Crippen molar-refractivity contribution in [1.29, 1.82) is 5.26 Å². The Bertz CT molecular complexity index is 923. The lowest BCUT2D eigenvalue weighted by atomic mass is 10.1. The van der Waals surface area contributed by atoms with E-state index in [0.29, 0.717) is 11.4 Å². The molecule has 3 rings (SSSR count). The maximum Gasteiger partial charge on any atom is 0.267 e. The zero-order valence-electron chi connectivity index (χ0n) is 16.9. The van der Waals surface area contributed by atoms with E-state index in [1.54, 1.807) is 12.1 Å². The Labute approximate surface area is 171 Å². The number of nitrogens with one attached hydrogen (secondary N) is 2. The van der Waals surface area contributed by atoms with Gasteiger partial charge in [-0.3, -0.25) is 4.79 Å². The number of ether oxygens (including phenoxy) is 1. The Kier molecular flexibility index (Phi) is 6.75. The minimum Gasteiger partial charge on any atom is -0.495 e. The quantitative estimate of drug-likeness (QED) is 0.563. The molecule has 29 heavy (non-hydrogen) atoms. The summed E-state index contributed by atoms with van der Waals surface area (Å²) in [6, 6.07) is 15.5. The molecule has 0 spiro atoms. The number of piperidine rings is 1. The molecule has 1 saturated heterocycles. The molecule has 2 aromatic rings. The van der Waals surface area contributed by atoms with Gasteiger partial charge in [0.1, 0.15) is 17.4 Å². The molecule has 1 aliphatic heterocycles. The number of nitriles is 1. The first kappa shape index (κ1) is 20.3. The number of aryl methyl sites for hydroxylation is 1. The lowest BCUT2D eigenvalue weighted by Crippen LogP contribution is -2.29. The van der Waals surface area contributed by atoms with Crippen molar-refractivity contribution < 1.29 is 9.53 Å². The van der Waals surface area contributed by atoms with E-state index >= 15 is 0 Å². The van der Waals surface area contributed by atoms with E-state index < -0.39 is 5.91 Å². The number of rotatable bonds is 6. The minimum absolute atomic E-state index is 0.0198. The van der Waals surface area contributed by atoms with E-state index in [-0.39, 0.29) is 5.57 Å². The van der Waals surface area contributed by atoms with E-state index in [9.17, 15) is 10.1 Å². The number of carbonyl (C=O) groups is 1. The van der Waals surface area contributed by atoms with Gasteiger partial charge in [-0.15, -0.1) is 0 Å². The molecule has 0 aromatic heterocycles. The molecule has 1 aliphatic rings. The van der Waals surface area contributed by atoms with Crippen molar-refractivity contribution in [3.8, 4) is 11.8 Å². The molecule has 0 aliphatic carbocycles. The maximum atomic E-state index is 12.5. The van der Waals surface area contributed by atoms with E-state index in [2.05, 4.69) is 27.7 Å². The first-order valence-electron chi connectivity index (χ1n) is 9.78. The Morgan fingerprint density at radius 2 is 1.86 bits per heavy atom. The number of anilines is 3. The Hall–Kier alpha value is -3.46. The summed E-state index contributed by atoms with van der Waals surface area (Å²) in [7, 11) is 1.54. The highest BCUT2D eigenvalue weighted by Gasteiger charge is 2.13. The second kappa shape index (κ2) is 9.65. The highest BCUT2D eigenvalue weighted by molar-refractivity contribution is 6.07. The van der Waals surface area contributed by atoms with Crippen LogP contribution in [-0.4, -0.2) is 26.1 Å². The summed E-state index contributed by atoms with van der Waals surface area (Å²) in [6.07, 6.45) is 5.19. The third kappa shape index (κ3) is 5.29. The average Bonchev–Trinajstić information content (AvgIpc) is 2.75. The predicted molar refractivity (Wildman–Crippen MR) is 116 cm³/mol. The highest BCUT2D eigenvalue weighted by Crippen LogP contribution is 2.26. The van der Waals surface area contributed by atoms with Gasteiger partial charge in [-0.2, -0.15) is 5.26 Å². The van der Waals surface area contributed by atoms with Crippen molar-refractivity contribution >= 4 is 23.0 Å². The molecule has 2 aromatic carbocycles. The lowest BCUT2D eigenvalue weighted by molar-refractivity contribution is -0.112. The smallest absolute Gasteiger partial charge is 0.267 e. The van der Waals surface area contributed by atoms with Gasteiger partial charge in [-0.05, 0) is 68.1 Å². The van der Waals surface area contributed by atoms with Gasteiger partial charge in [-0.25, -0.2) is 0 Å². The van der Waals surface area contributed by atoms with Gasteiger partial charge in [0.25, 0.3) is 5.91 Å². The summed E-state index contributed by atoms with van der Waals surface area (Å²) < 4.78 is 5.27. The third-order valence-electron chi connectivity index (χ3n) is 4.94. The molecule has 6 nitrogen and oxygen atoms in total. The van der Waals surface area contributed by atoms with Crippen LogP contribution in [0, 0.1) is 18.3 Å². The third-order valence-corrected chi connectivity index (χ3v) is 4.94. The number of hydrogen-bond acceptors (Lipinski definition) is 5. The van der Waals surface area contributed by atoms with Crippen LogP contribution in [0.2, 0.25) is 0 Å². The van der Waals surface area contributed by atoms with Crippen LogP contribution in [0.5, 0.6) is 5.75 Å². The average molecular weight is 390 g/mol. The minimum atomic E-state index is -0.492. The van der Waals surface area contributed by atoms with Crippen molar-refractivity contribution in [3.63, 3.8) is 0 Å². The van der Waals surface area contributed by atoms with Crippen LogP contribution in [0.15, 0.2) is 54.2 Å². The van der Waals surface area contributed by atoms with Crippen LogP contribution in [0.4, 0.5) is 17.1 Å². The van der Waals surface area contributed by atoms with Gasteiger partial charge < -0.3 is 20.3 Å². The monoisotopic (exact) mass is 390 g/mol. The zero-order valence-corrected chi connectivity index (χ0v) is 16.9. The van der Waals surface area contributed by atoms with Crippen molar-refractivity contribution in [1.82, 2.24) is 0 Å². The molecule has 0 bridgehead atoms. The van der Waals surface area contributed by atoms with Gasteiger partial charge in [-0.1, -0.05) is 6.07 Å². The zero-order chi connectivity index (χ0) is 20.6. The molecule has 1 fully saturated rings. The van der Waals surface area contributed by atoms with Crippen molar-refractivity contribution in [2.45, 2.75) is 26.2 Å². The van der Waals surface area contributed by atoms with Gasteiger partial charge in [0.2, 0.25) is 0 Å². The summed E-state index contributed by atoms with van der Waals surface area (Å²) >= 11 is 0. The first-order valence-corrected chi connectivity index (χ1v) is 9.78. The SMILES string of the molecule is COc1ccc(C)cc1NC(=O)/C(C#N)=C\Nc1ccc(N2CCCCC2)cc1. The van der Waals surface area contributed by atoms with E-state index in [1.165, 1.54) is 38.3 Å². The van der Waals surface area contributed by atoms with Crippen LogP contribution >= 0.6 is 0 Å². The van der Waals surface area contributed by atoms with Crippen LogP contribution in [0.3, 0.4) is 0 Å². The summed E-state index contributed by atoms with van der Waals surface area (Å²) in [5, 5.41) is 15.2. The molecule has 0 unspecified atom stereocenters. The molecule has 1 heterocycles. The van der Waals surface area contributed by atoms with Crippen LogP contribution in [0.25, 0.3) is 0 Å². The standard InChI is InChI=1S/C23H26N4O2/c1-17-6-11-22(29-2)21(14-17)26-23(28)18(15-24)16-25-19-7-9-20(10-8-19)27-12-4-3-5-13-27/h6-11,14,16,25H,3-5,12-13H2,1-2H3,(H,26,28)/b18-16-. The second-order valence-electron chi connectivity index (χ2n) is 7.07. The predicted octanol–water partition coefficient (Wildman–Crippen LogP) is 4.45. The van der Waals surface area contributed by atoms with Crippen LogP contribution in [0.1, 0.15) is 24.8 Å². The first-order chi connectivity index (χ1) is 14.1. The largest absolute Gasteiger partial charge is 0.495 e. The second-order valence-corrected chi connectivity index (χ2v) is 7.07. The van der Waals surface area contributed by atoms with E-state index in [4.69, 9.17) is 4.74 Å². The van der Waals surface area contributed by atoms with E-state index in [0.717, 1.165) is 24.3 Å². The fraction of sp³-hybridized carbons (Fsp3) is 0.304. The molecular weight excluding hydrogens is 364 g/mol. The molecular formula is C23H26N4O2. The molecule has 0 radical (unpaired) electrons. The van der Waals surface area contributed by atoms with Crippen molar-refractivity contribution in [2.75, 3.05) is 35.7 Å². The summed E-state index contributed by atoms with van der Waals surface area (Å²) in [4.78, 5) is 14.9. The Balaban J connectivity index is 1.66. The number of methoxy groups -OCH3 is 1. The topological polar surface area (TPSA) is 77.4 Å². The van der Waals surface area contributed by atoms with Crippen molar-refractivity contribution in [2.24, 2.45) is 0 Å². The molecule has 0 saturated carbocycles. The molecule has 6 heteroatoms. The number of nitrogens with zero attached hydrogens (tertiary/aromatic N) is 2. The lowest BCUT2D eigenvalue weighted by Gasteiger charge is -2.28. The fourth-order valence-corrected chi connectivity index (χ4v) is 3.33. The van der Waals surface area contributed by atoms with E-state index in [1.807, 2.05) is 31.2 Å². The molecule has 2 N–H and O–H groups in total. The normalized spacial score (nSPS) is 14.1.